The third-order valence-electron chi connectivity index (χ3n) is 4.78. The van der Waals surface area contributed by atoms with Crippen molar-refractivity contribution in [3.8, 4) is 0 Å². The molecule has 1 heterocycles. The lowest BCUT2D eigenvalue weighted by Crippen LogP contribution is -2.47. The van der Waals surface area contributed by atoms with Gasteiger partial charge >= 0.3 is 6.03 Å². The van der Waals surface area contributed by atoms with Gasteiger partial charge in [0.2, 0.25) is 0 Å². The number of piperidine rings is 1. The Morgan fingerprint density at radius 3 is 2.45 bits per heavy atom. The van der Waals surface area contributed by atoms with E-state index >= 15 is 0 Å². The highest BCUT2D eigenvalue weighted by atomic mass is 32.2. The molecule has 1 aliphatic rings. The largest absolute Gasteiger partial charge is 0.338 e. The fourth-order valence-corrected chi connectivity index (χ4v) is 3.68. The van der Waals surface area contributed by atoms with Crippen LogP contribution in [0.25, 0.3) is 0 Å². The third-order valence-corrected chi connectivity index (χ3v) is 5.51. The van der Waals surface area contributed by atoms with Crippen LogP contribution < -0.4 is 10.6 Å². The summed E-state index contributed by atoms with van der Waals surface area (Å²) < 4.78 is 0. The van der Waals surface area contributed by atoms with E-state index < -0.39 is 4.92 Å². The highest BCUT2D eigenvalue weighted by Gasteiger charge is 2.29. The Labute approximate surface area is 172 Å². The number of urea groups is 1. The monoisotopic (exact) mass is 414 g/mol. The molecular weight excluding hydrogens is 392 g/mol. The Kier molecular flexibility index (Phi) is 6.71. The molecule has 1 aliphatic heterocycles. The molecule has 0 aromatic heterocycles. The second kappa shape index (κ2) is 9.42. The molecule has 1 saturated heterocycles. The molecule has 152 valence electrons. The number of likely N-dealkylation sites (tertiary alicyclic amines) is 1. The van der Waals surface area contributed by atoms with Crippen LogP contribution in [0, 0.1) is 10.1 Å². The van der Waals surface area contributed by atoms with Crippen LogP contribution in [0.5, 0.6) is 0 Å². The van der Waals surface area contributed by atoms with Gasteiger partial charge in [-0.15, -0.1) is 11.8 Å². The quantitative estimate of drug-likeness (QED) is 0.441. The fourth-order valence-electron chi connectivity index (χ4n) is 3.24. The minimum absolute atomic E-state index is 0.0599. The Balaban J connectivity index is 1.58. The first-order valence-electron chi connectivity index (χ1n) is 9.22. The average Bonchev–Trinajstić information content (AvgIpc) is 2.74. The van der Waals surface area contributed by atoms with Gasteiger partial charge < -0.3 is 15.5 Å². The summed E-state index contributed by atoms with van der Waals surface area (Å²) >= 11 is 1.43. The van der Waals surface area contributed by atoms with Crippen molar-refractivity contribution in [2.75, 3.05) is 24.7 Å². The van der Waals surface area contributed by atoms with Gasteiger partial charge in [0.05, 0.1) is 4.92 Å². The van der Waals surface area contributed by atoms with Crippen LogP contribution in [0.2, 0.25) is 0 Å². The van der Waals surface area contributed by atoms with Crippen molar-refractivity contribution in [2.24, 2.45) is 0 Å². The van der Waals surface area contributed by atoms with E-state index in [2.05, 4.69) is 10.6 Å². The molecule has 2 aromatic carbocycles. The second-order valence-corrected chi connectivity index (χ2v) is 7.55. The van der Waals surface area contributed by atoms with Crippen molar-refractivity contribution in [2.45, 2.75) is 23.8 Å². The topological polar surface area (TPSA) is 105 Å². The number of carbonyl (C=O) groups is 2. The SMILES string of the molecule is CSc1ccc([N+](=O)[O-])c(C(=O)N2CCC(NC(=O)Nc3ccccc3)CC2)c1. The van der Waals surface area contributed by atoms with Crippen LogP contribution in [0.3, 0.4) is 0 Å². The predicted molar refractivity (Wildman–Crippen MR) is 112 cm³/mol. The lowest BCUT2D eigenvalue weighted by Gasteiger charge is -2.32. The summed E-state index contributed by atoms with van der Waals surface area (Å²) in [6.07, 6.45) is 3.03. The summed E-state index contributed by atoms with van der Waals surface area (Å²) in [5.41, 5.74) is 0.629. The summed E-state index contributed by atoms with van der Waals surface area (Å²) in [5.74, 6) is -0.347. The van der Waals surface area contributed by atoms with Gasteiger partial charge in [-0.25, -0.2) is 4.79 Å². The molecule has 3 rings (SSSR count). The van der Waals surface area contributed by atoms with E-state index in [1.807, 2.05) is 24.5 Å². The number of benzene rings is 2. The molecule has 0 saturated carbocycles. The van der Waals surface area contributed by atoms with Gasteiger partial charge in [0.1, 0.15) is 5.56 Å². The molecule has 0 aliphatic carbocycles. The lowest BCUT2D eigenvalue weighted by molar-refractivity contribution is -0.385. The van der Waals surface area contributed by atoms with Crippen molar-refractivity contribution in [1.29, 1.82) is 0 Å². The van der Waals surface area contributed by atoms with Crippen molar-refractivity contribution in [3.05, 3.63) is 64.2 Å². The van der Waals surface area contributed by atoms with Crippen LogP contribution in [0.15, 0.2) is 53.4 Å². The molecule has 2 aromatic rings. The zero-order chi connectivity index (χ0) is 20.8. The molecule has 9 heteroatoms. The number of rotatable bonds is 5. The van der Waals surface area contributed by atoms with E-state index in [0.717, 1.165) is 4.90 Å². The number of nitrogens with zero attached hydrogens (tertiary/aromatic N) is 2. The highest BCUT2D eigenvalue weighted by molar-refractivity contribution is 7.98. The van der Waals surface area contributed by atoms with E-state index in [4.69, 9.17) is 0 Å². The van der Waals surface area contributed by atoms with E-state index in [0.29, 0.717) is 31.6 Å². The zero-order valence-corrected chi connectivity index (χ0v) is 16.8. The van der Waals surface area contributed by atoms with Gasteiger partial charge in [0.15, 0.2) is 0 Å². The highest BCUT2D eigenvalue weighted by Crippen LogP contribution is 2.27. The first-order valence-corrected chi connectivity index (χ1v) is 10.4. The average molecular weight is 414 g/mol. The van der Waals surface area contributed by atoms with Gasteiger partial charge in [-0.2, -0.15) is 0 Å². The molecule has 8 nitrogen and oxygen atoms in total. The molecule has 0 unspecified atom stereocenters. The lowest BCUT2D eigenvalue weighted by atomic mass is 10.0. The number of para-hydroxylation sites is 1. The summed E-state index contributed by atoms with van der Waals surface area (Å²) in [5, 5.41) is 17.0. The third kappa shape index (κ3) is 5.26. The molecule has 0 bridgehead atoms. The van der Waals surface area contributed by atoms with Crippen molar-refractivity contribution in [1.82, 2.24) is 10.2 Å². The molecular formula is C20H22N4O4S. The van der Waals surface area contributed by atoms with Crippen LogP contribution in [-0.2, 0) is 0 Å². The first kappa shape index (κ1) is 20.7. The zero-order valence-electron chi connectivity index (χ0n) is 16.0. The predicted octanol–water partition coefficient (Wildman–Crippen LogP) is 3.74. The molecule has 3 amide bonds. The Morgan fingerprint density at radius 1 is 1.14 bits per heavy atom. The number of amides is 3. The van der Waals surface area contributed by atoms with Crippen LogP contribution >= 0.6 is 11.8 Å². The number of nitro groups is 1. The minimum Gasteiger partial charge on any atom is -0.338 e. The first-order chi connectivity index (χ1) is 14.0. The van der Waals surface area contributed by atoms with E-state index in [-0.39, 0.29) is 29.2 Å². The fraction of sp³-hybridized carbons (Fsp3) is 0.300. The van der Waals surface area contributed by atoms with Crippen LogP contribution in [-0.4, -0.2) is 47.1 Å². The molecule has 29 heavy (non-hydrogen) atoms. The molecule has 2 N–H and O–H groups in total. The van der Waals surface area contributed by atoms with Gasteiger partial charge in [0, 0.05) is 35.8 Å². The second-order valence-electron chi connectivity index (χ2n) is 6.67. The number of nitrogens with one attached hydrogen (secondary N) is 2. The summed E-state index contributed by atoms with van der Waals surface area (Å²) in [6, 6.07) is 13.4. The molecule has 0 atom stereocenters. The van der Waals surface area contributed by atoms with Crippen molar-refractivity contribution in [3.63, 3.8) is 0 Å². The summed E-state index contributed by atoms with van der Waals surface area (Å²) in [6.45, 7) is 0.853. The minimum atomic E-state index is -0.528. The van der Waals surface area contributed by atoms with Gasteiger partial charge in [0.25, 0.3) is 11.6 Å². The normalized spacial score (nSPS) is 14.3. The molecule has 1 fully saturated rings. The van der Waals surface area contributed by atoms with E-state index in [9.17, 15) is 19.7 Å². The number of thioether (sulfide) groups is 1. The maximum absolute atomic E-state index is 12.9. The van der Waals surface area contributed by atoms with Gasteiger partial charge in [-0.3, -0.25) is 14.9 Å². The number of nitro benzene ring substituents is 1. The van der Waals surface area contributed by atoms with E-state index in [1.165, 1.54) is 17.8 Å². The van der Waals surface area contributed by atoms with Gasteiger partial charge in [-0.05, 0) is 43.4 Å². The van der Waals surface area contributed by atoms with Gasteiger partial charge in [-0.1, -0.05) is 18.2 Å². The maximum Gasteiger partial charge on any atom is 0.319 e. The Bertz CT molecular complexity index is 899. The van der Waals surface area contributed by atoms with E-state index in [1.54, 1.807) is 29.2 Å². The van der Waals surface area contributed by atoms with Crippen LogP contribution in [0.1, 0.15) is 23.2 Å². The smallest absolute Gasteiger partial charge is 0.319 e. The van der Waals surface area contributed by atoms with Crippen LogP contribution in [0.4, 0.5) is 16.2 Å². The number of hydrogen-bond donors (Lipinski definition) is 2. The van der Waals surface area contributed by atoms with Crippen molar-refractivity contribution < 1.29 is 14.5 Å². The number of anilines is 1. The molecule has 0 radical (unpaired) electrons. The number of hydrogen-bond acceptors (Lipinski definition) is 5. The number of carbonyl (C=O) groups excluding carboxylic acids is 2. The standard InChI is InChI=1S/C20H22N4O4S/c1-29-16-7-8-18(24(27)28)17(13-16)19(25)23-11-9-15(10-12-23)22-20(26)21-14-5-3-2-4-6-14/h2-8,13,15H,9-12H2,1H3,(H2,21,22,26). The molecule has 0 spiro atoms. The Morgan fingerprint density at radius 2 is 1.83 bits per heavy atom. The van der Waals surface area contributed by atoms with Crippen molar-refractivity contribution >= 4 is 35.1 Å². The summed E-state index contributed by atoms with van der Waals surface area (Å²) in [4.78, 5) is 38.2. The Hall–Kier alpha value is -3.07. The summed E-state index contributed by atoms with van der Waals surface area (Å²) in [7, 11) is 0. The maximum atomic E-state index is 12.9.